The maximum atomic E-state index is 12.8. The average molecular weight is 450 g/mol. The fourth-order valence-electron chi connectivity index (χ4n) is 4.07. The lowest BCUT2D eigenvalue weighted by molar-refractivity contribution is 0.0997. The van der Waals surface area contributed by atoms with E-state index in [4.69, 9.17) is 4.42 Å². The molecule has 0 aromatic carbocycles. The number of furan rings is 1. The Hall–Kier alpha value is -2.90. The summed E-state index contributed by atoms with van der Waals surface area (Å²) in [6, 6.07) is 13.5. The lowest BCUT2D eigenvalue weighted by Crippen LogP contribution is -2.18. The molecule has 1 aliphatic carbocycles. The van der Waals surface area contributed by atoms with Crippen LogP contribution in [0.5, 0.6) is 0 Å². The number of aryl methyl sites for hydroxylation is 2. The Balaban J connectivity index is 1.59. The highest BCUT2D eigenvalue weighted by molar-refractivity contribution is 7.16. The molecule has 0 aliphatic heterocycles. The van der Waals surface area contributed by atoms with Gasteiger partial charge in [-0.05, 0) is 73.9 Å². The Morgan fingerprint density at radius 2 is 2.03 bits per heavy atom. The van der Waals surface area contributed by atoms with E-state index in [0.717, 1.165) is 34.9 Å². The smallest absolute Gasteiger partial charge is 0.291 e. The van der Waals surface area contributed by atoms with Gasteiger partial charge in [-0.25, -0.2) is 4.98 Å². The van der Waals surface area contributed by atoms with Crippen molar-refractivity contribution in [2.24, 2.45) is 0 Å². The van der Waals surface area contributed by atoms with Gasteiger partial charge in [0.2, 0.25) is 0 Å². The van der Waals surface area contributed by atoms with Crippen molar-refractivity contribution >= 4 is 39.4 Å². The molecule has 0 spiro atoms. The Bertz CT molecular complexity index is 1180. The average Bonchev–Trinajstić information content (AvgIpc) is 3.53. The topological polar surface area (TPSA) is 67.2 Å². The maximum Gasteiger partial charge on any atom is 0.291 e. The number of anilines is 2. The summed E-state index contributed by atoms with van der Waals surface area (Å²) in [7, 11) is 0. The van der Waals surface area contributed by atoms with Crippen LogP contribution in [0.2, 0.25) is 0 Å². The van der Waals surface area contributed by atoms with Crippen molar-refractivity contribution in [2.45, 2.75) is 38.6 Å². The molecule has 1 unspecified atom stereocenters. The predicted octanol–water partition coefficient (Wildman–Crippen LogP) is 6.44. The van der Waals surface area contributed by atoms with Gasteiger partial charge >= 0.3 is 0 Å². The summed E-state index contributed by atoms with van der Waals surface area (Å²) in [5, 5.41) is 9.78. The molecule has 0 saturated heterocycles. The fourth-order valence-corrected chi connectivity index (χ4v) is 6.18. The molecule has 4 aromatic rings. The number of rotatable bonds is 6. The molecule has 5 rings (SSSR count). The minimum absolute atomic E-state index is 0.0840. The van der Waals surface area contributed by atoms with Crippen molar-refractivity contribution in [3.8, 4) is 0 Å². The third kappa shape index (κ3) is 4.16. The number of carbonyl (C=O) groups is 1. The van der Waals surface area contributed by atoms with Crippen LogP contribution in [0.3, 0.4) is 0 Å². The van der Waals surface area contributed by atoms with Gasteiger partial charge in [0.25, 0.3) is 5.91 Å². The van der Waals surface area contributed by atoms with Crippen molar-refractivity contribution in [3.63, 3.8) is 0 Å². The lowest BCUT2D eigenvalue weighted by atomic mass is 9.91. The number of nitrogens with zero attached hydrogens (tertiary/aromatic N) is 1. The number of nitrogens with one attached hydrogen (secondary N) is 2. The second-order valence-electron chi connectivity index (χ2n) is 7.64. The lowest BCUT2D eigenvalue weighted by Gasteiger charge is -2.23. The van der Waals surface area contributed by atoms with Gasteiger partial charge in [0.15, 0.2) is 5.76 Å². The van der Waals surface area contributed by atoms with Gasteiger partial charge in [-0.3, -0.25) is 4.79 Å². The summed E-state index contributed by atoms with van der Waals surface area (Å²) in [5.41, 5.74) is 3.49. The molecule has 0 bridgehead atoms. The molecule has 4 aromatic heterocycles. The molecule has 1 atom stereocenters. The third-order valence-electron chi connectivity index (χ3n) is 5.48. The molecule has 0 radical (unpaired) electrons. The van der Waals surface area contributed by atoms with Crippen LogP contribution in [0.1, 0.15) is 56.0 Å². The molecule has 5 nitrogen and oxygen atoms in total. The molecule has 0 fully saturated rings. The summed E-state index contributed by atoms with van der Waals surface area (Å²) in [6.07, 6.45) is 5.97. The largest absolute Gasteiger partial charge is 0.459 e. The van der Waals surface area contributed by atoms with E-state index in [9.17, 15) is 4.79 Å². The first kappa shape index (κ1) is 20.0. The van der Waals surface area contributed by atoms with E-state index < -0.39 is 0 Å². The van der Waals surface area contributed by atoms with Crippen LogP contribution in [-0.4, -0.2) is 10.9 Å². The molecule has 0 saturated carbocycles. The zero-order valence-electron chi connectivity index (χ0n) is 17.2. The number of aromatic nitrogens is 1. The summed E-state index contributed by atoms with van der Waals surface area (Å²) in [5.74, 6) is 0.930. The molecule has 4 heterocycles. The first-order valence-electron chi connectivity index (χ1n) is 10.4. The molecule has 1 amide bonds. The fraction of sp³-hybridized carbons (Fsp3) is 0.250. The van der Waals surface area contributed by atoms with Gasteiger partial charge in [-0.2, -0.15) is 0 Å². The summed E-state index contributed by atoms with van der Waals surface area (Å²) < 4.78 is 5.32. The highest BCUT2D eigenvalue weighted by atomic mass is 32.1. The van der Waals surface area contributed by atoms with E-state index >= 15 is 0 Å². The zero-order chi connectivity index (χ0) is 21.2. The Morgan fingerprint density at radius 1 is 1.13 bits per heavy atom. The quantitative estimate of drug-likeness (QED) is 0.355. The molecular formula is C24H23N3O2S2. The predicted molar refractivity (Wildman–Crippen MR) is 126 cm³/mol. The number of amides is 1. The van der Waals surface area contributed by atoms with Crippen molar-refractivity contribution in [3.05, 3.63) is 86.4 Å². The van der Waals surface area contributed by atoms with Crippen LogP contribution in [0.15, 0.2) is 58.5 Å². The van der Waals surface area contributed by atoms with Crippen LogP contribution in [0, 0.1) is 6.92 Å². The minimum atomic E-state index is -0.219. The molecule has 7 heteroatoms. The van der Waals surface area contributed by atoms with Crippen LogP contribution in [-0.2, 0) is 12.8 Å². The number of carbonyl (C=O) groups excluding carboxylic acids is 1. The third-order valence-corrected chi connectivity index (χ3v) is 7.64. The Kier molecular flexibility index (Phi) is 5.61. The highest BCUT2D eigenvalue weighted by Gasteiger charge is 2.29. The number of fused-ring (bicyclic) bond motifs is 1. The van der Waals surface area contributed by atoms with Gasteiger partial charge in [-0.1, -0.05) is 12.1 Å². The van der Waals surface area contributed by atoms with Gasteiger partial charge in [0.05, 0.1) is 12.3 Å². The zero-order valence-corrected chi connectivity index (χ0v) is 18.8. The summed E-state index contributed by atoms with van der Waals surface area (Å²) in [6.45, 7) is 1.99. The van der Waals surface area contributed by atoms with E-state index in [2.05, 4.69) is 33.1 Å². The van der Waals surface area contributed by atoms with Gasteiger partial charge < -0.3 is 15.1 Å². The second-order valence-corrected chi connectivity index (χ2v) is 9.73. The first-order chi connectivity index (χ1) is 15.2. The molecule has 31 heavy (non-hydrogen) atoms. The number of pyridine rings is 1. The number of thiophene rings is 2. The Labute approximate surface area is 189 Å². The van der Waals surface area contributed by atoms with Crippen molar-refractivity contribution in [1.82, 2.24) is 4.98 Å². The normalized spacial score (nSPS) is 14.1. The van der Waals surface area contributed by atoms with Crippen LogP contribution in [0.25, 0.3) is 0 Å². The monoisotopic (exact) mass is 449 g/mol. The Morgan fingerprint density at radius 3 is 2.81 bits per heavy atom. The molecular weight excluding hydrogens is 426 g/mol. The van der Waals surface area contributed by atoms with Gasteiger partial charge in [-0.15, -0.1) is 22.7 Å². The van der Waals surface area contributed by atoms with E-state index in [-0.39, 0.29) is 11.9 Å². The first-order valence-corrected chi connectivity index (χ1v) is 12.1. The number of hydrogen-bond acceptors (Lipinski definition) is 6. The molecule has 1 aliphatic rings. The van der Waals surface area contributed by atoms with Crippen molar-refractivity contribution < 1.29 is 9.21 Å². The summed E-state index contributed by atoms with van der Waals surface area (Å²) >= 11 is 3.41. The van der Waals surface area contributed by atoms with E-state index in [1.54, 1.807) is 34.8 Å². The number of hydrogen-bond donors (Lipinski definition) is 2. The van der Waals surface area contributed by atoms with Crippen LogP contribution in [0.4, 0.5) is 10.8 Å². The maximum absolute atomic E-state index is 12.8. The van der Waals surface area contributed by atoms with Gasteiger partial charge in [0, 0.05) is 21.0 Å². The van der Waals surface area contributed by atoms with Gasteiger partial charge in [0.1, 0.15) is 10.8 Å². The summed E-state index contributed by atoms with van der Waals surface area (Å²) in [4.78, 5) is 20.1. The molecule has 2 N–H and O–H groups in total. The molecule has 158 valence electrons. The van der Waals surface area contributed by atoms with Crippen LogP contribution >= 0.6 is 22.7 Å². The SMILES string of the molecule is Cc1cccc(NC(c2cccs2)c2c(NC(=O)c3ccco3)sc3c2CCCC3)n1. The minimum Gasteiger partial charge on any atom is -0.459 e. The van der Waals surface area contributed by atoms with Crippen molar-refractivity contribution in [2.75, 3.05) is 10.6 Å². The van der Waals surface area contributed by atoms with Crippen molar-refractivity contribution in [1.29, 1.82) is 0 Å². The highest BCUT2D eigenvalue weighted by Crippen LogP contribution is 2.45. The van der Waals surface area contributed by atoms with E-state index in [1.807, 2.05) is 25.1 Å². The van der Waals surface area contributed by atoms with E-state index in [1.165, 1.54) is 34.4 Å². The van der Waals surface area contributed by atoms with Crippen LogP contribution < -0.4 is 10.6 Å². The van der Waals surface area contributed by atoms with E-state index in [0.29, 0.717) is 5.76 Å². The second kappa shape index (κ2) is 8.69. The standard InChI is InChI=1S/C24H23N3O2S2/c1-15-7-4-12-20(25-15)26-22(19-11-6-14-30-19)21-16-8-2-3-10-18(16)31-24(21)27-23(28)17-9-5-13-29-17/h4-7,9,11-14,22H,2-3,8,10H2,1H3,(H,25,26)(H,27,28).